The van der Waals surface area contributed by atoms with Gasteiger partial charge >= 0.3 is 0 Å². The molecule has 0 aliphatic carbocycles. The van der Waals surface area contributed by atoms with Crippen LogP contribution in [0.2, 0.25) is 0 Å². The molecule has 0 aromatic rings. The van der Waals surface area contributed by atoms with Gasteiger partial charge in [-0.15, -0.1) is 0 Å². The molecule has 6 nitrogen and oxygen atoms in total. The van der Waals surface area contributed by atoms with Gasteiger partial charge in [0, 0.05) is 6.04 Å². The van der Waals surface area contributed by atoms with E-state index in [1.165, 1.54) is 12.2 Å². The van der Waals surface area contributed by atoms with Crippen LogP contribution in [0.3, 0.4) is 0 Å². The summed E-state index contributed by atoms with van der Waals surface area (Å²) >= 11 is 0. The van der Waals surface area contributed by atoms with Gasteiger partial charge in [-0.05, 0) is 13.8 Å². The van der Waals surface area contributed by atoms with Crippen LogP contribution in [0.25, 0.3) is 0 Å². The minimum atomic E-state index is -1.21. The van der Waals surface area contributed by atoms with Crippen molar-refractivity contribution in [2.75, 3.05) is 13.7 Å². The second-order valence-corrected chi connectivity index (χ2v) is 3.91. The van der Waals surface area contributed by atoms with Gasteiger partial charge in [-0.2, -0.15) is 5.06 Å². The Kier molecular flexibility index (Phi) is 4.45. The quantitative estimate of drug-likeness (QED) is 0.514. The molecule has 0 aromatic carbocycles. The summed E-state index contributed by atoms with van der Waals surface area (Å²) in [6.07, 6.45) is -4.20. The van der Waals surface area contributed by atoms with Crippen LogP contribution in [-0.4, -0.2) is 64.7 Å². The van der Waals surface area contributed by atoms with Crippen molar-refractivity contribution in [3.8, 4) is 0 Å². The third-order valence-corrected chi connectivity index (χ3v) is 2.44. The summed E-state index contributed by atoms with van der Waals surface area (Å²) in [5.41, 5.74) is 0. The maximum atomic E-state index is 9.70. The van der Waals surface area contributed by atoms with Gasteiger partial charge in [0.2, 0.25) is 0 Å². The summed E-state index contributed by atoms with van der Waals surface area (Å²) < 4.78 is 5.23. The SMILES string of the molecule is CON(C(C)C)C1OC[C@@H](O)[C@H](O)C1O. The zero-order chi connectivity index (χ0) is 11.6. The van der Waals surface area contributed by atoms with Crippen LogP contribution in [0.4, 0.5) is 0 Å². The van der Waals surface area contributed by atoms with Crippen molar-refractivity contribution in [2.45, 2.75) is 44.4 Å². The third kappa shape index (κ3) is 2.66. The second-order valence-electron chi connectivity index (χ2n) is 3.91. The third-order valence-electron chi connectivity index (χ3n) is 2.44. The predicted octanol–water partition coefficient (Wildman–Crippen LogP) is -1.30. The number of hydroxylamine groups is 2. The van der Waals surface area contributed by atoms with E-state index in [0.717, 1.165) is 0 Å². The normalized spacial score (nSPS) is 37.6. The highest BCUT2D eigenvalue weighted by atomic mass is 16.7. The number of aliphatic hydroxyl groups excluding tert-OH is 3. The molecule has 6 heteroatoms. The Morgan fingerprint density at radius 3 is 2.33 bits per heavy atom. The molecule has 1 rings (SSSR count). The Morgan fingerprint density at radius 1 is 1.27 bits per heavy atom. The first-order valence-electron chi connectivity index (χ1n) is 4.97. The van der Waals surface area contributed by atoms with Crippen molar-refractivity contribution in [1.82, 2.24) is 5.06 Å². The average Bonchev–Trinajstić information content (AvgIpc) is 2.18. The molecule has 1 fully saturated rings. The lowest BCUT2D eigenvalue weighted by atomic mass is 10.0. The average molecular weight is 221 g/mol. The molecule has 1 heterocycles. The molecule has 1 aliphatic rings. The smallest absolute Gasteiger partial charge is 0.161 e. The van der Waals surface area contributed by atoms with Crippen LogP contribution in [0.5, 0.6) is 0 Å². The highest BCUT2D eigenvalue weighted by molar-refractivity contribution is 4.85. The highest BCUT2D eigenvalue weighted by Crippen LogP contribution is 2.20. The van der Waals surface area contributed by atoms with Crippen molar-refractivity contribution in [1.29, 1.82) is 0 Å². The molecule has 3 N–H and O–H groups in total. The van der Waals surface area contributed by atoms with E-state index >= 15 is 0 Å². The summed E-state index contributed by atoms with van der Waals surface area (Å²) in [7, 11) is 1.47. The van der Waals surface area contributed by atoms with E-state index in [1.54, 1.807) is 0 Å². The first-order valence-corrected chi connectivity index (χ1v) is 4.97. The number of hydrogen-bond donors (Lipinski definition) is 3. The van der Waals surface area contributed by atoms with Gasteiger partial charge in [-0.1, -0.05) is 0 Å². The molecular weight excluding hydrogens is 202 g/mol. The summed E-state index contributed by atoms with van der Waals surface area (Å²) in [5, 5.41) is 29.9. The van der Waals surface area contributed by atoms with Gasteiger partial charge in [0.15, 0.2) is 6.23 Å². The van der Waals surface area contributed by atoms with Gasteiger partial charge in [-0.3, -0.25) is 4.84 Å². The minimum absolute atomic E-state index is 0.00269. The summed E-state index contributed by atoms with van der Waals surface area (Å²) in [6, 6.07) is -0.00269. The Hall–Kier alpha value is -0.240. The van der Waals surface area contributed by atoms with E-state index in [9.17, 15) is 15.3 Å². The topological polar surface area (TPSA) is 82.4 Å². The Balaban J connectivity index is 2.69. The number of ether oxygens (including phenoxy) is 1. The van der Waals surface area contributed by atoms with Crippen molar-refractivity contribution < 1.29 is 24.9 Å². The van der Waals surface area contributed by atoms with Gasteiger partial charge in [0.05, 0.1) is 13.7 Å². The van der Waals surface area contributed by atoms with Crippen LogP contribution in [0.1, 0.15) is 13.8 Å². The molecule has 15 heavy (non-hydrogen) atoms. The number of rotatable bonds is 3. The van der Waals surface area contributed by atoms with Crippen molar-refractivity contribution in [3.05, 3.63) is 0 Å². The van der Waals surface area contributed by atoms with Crippen molar-refractivity contribution in [3.63, 3.8) is 0 Å². The predicted molar refractivity (Wildman–Crippen MR) is 51.7 cm³/mol. The molecule has 0 bridgehead atoms. The Labute approximate surface area is 89.0 Å². The molecule has 0 saturated carbocycles. The maximum absolute atomic E-state index is 9.70. The number of nitrogens with zero attached hydrogens (tertiary/aromatic N) is 1. The van der Waals surface area contributed by atoms with Crippen LogP contribution >= 0.6 is 0 Å². The van der Waals surface area contributed by atoms with E-state index in [0.29, 0.717) is 0 Å². The zero-order valence-electron chi connectivity index (χ0n) is 9.20. The van der Waals surface area contributed by atoms with E-state index in [1.807, 2.05) is 13.8 Å². The molecular formula is C9H19NO5. The molecule has 4 atom stereocenters. The van der Waals surface area contributed by atoms with Gasteiger partial charge in [0.1, 0.15) is 18.3 Å². The van der Waals surface area contributed by atoms with Crippen molar-refractivity contribution >= 4 is 0 Å². The van der Waals surface area contributed by atoms with Gasteiger partial charge in [0.25, 0.3) is 0 Å². The van der Waals surface area contributed by atoms with E-state index in [4.69, 9.17) is 9.57 Å². The lowest BCUT2D eigenvalue weighted by Crippen LogP contribution is -2.60. The molecule has 90 valence electrons. The van der Waals surface area contributed by atoms with Gasteiger partial charge < -0.3 is 20.1 Å². The lowest BCUT2D eigenvalue weighted by molar-refractivity contribution is -0.316. The minimum Gasteiger partial charge on any atom is -0.388 e. The first-order chi connectivity index (χ1) is 6.99. The Morgan fingerprint density at radius 2 is 1.87 bits per heavy atom. The molecule has 0 radical (unpaired) electrons. The van der Waals surface area contributed by atoms with E-state index < -0.39 is 24.5 Å². The van der Waals surface area contributed by atoms with Crippen LogP contribution < -0.4 is 0 Å². The van der Waals surface area contributed by atoms with E-state index in [-0.39, 0.29) is 12.6 Å². The highest BCUT2D eigenvalue weighted by Gasteiger charge is 2.41. The fraction of sp³-hybridized carbons (Fsp3) is 1.00. The molecule has 1 saturated heterocycles. The molecule has 0 amide bonds. The molecule has 1 aliphatic heterocycles. The van der Waals surface area contributed by atoms with Gasteiger partial charge in [-0.25, -0.2) is 0 Å². The zero-order valence-corrected chi connectivity index (χ0v) is 9.20. The molecule has 0 spiro atoms. The molecule has 0 aromatic heterocycles. The summed E-state index contributed by atoms with van der Waals surface area (Å²) in [5.74, 6) is 0. The van der Waals surface area contributed by atoms with Crippen LogP contribution in [0, 0.1) is 0 Å². The monoisotopic (exact) mass is 221 g/mol. The second kappa shape index (κ2) is 5.20. The standard InChI is InChI=1S/C9H19NO5/c1-5(2)10(14-3)9-8(13)7(12)6(11)4-15-9/h5-9,11-13H,4H2,1-3H3/t6-,7+,8?,9?/m1/s1. The van der Waals surface area contributed by atoms with E-state index in [2.05, 4.69) is 0 Å². The fourth-order valence-corrected chi connectivity index (χ4v) is 1.62. The summed E-state index contributed by atoms with van der Waals surface area (Å²) in [6.45, 7) is 3.73. The van der Waals surface area contributed by atoms with Crippen molar-refractivity contribution in [2.24, 2.45) is 0 Å². The fourth-order valence-electron chi connectivity index (χ4n) is 1.62. The Bertz CT molecular complexity index is 201. The number of hydrogen-bond acceptors (Lipinski definition) is 6. The first kappa shape index (κ1) is 12.8. The molecule has 2 unspecified atom stereocenters. The van der Waals surface area contributed by atoms with Crippen LogP contribution in [0.15, 0.2) is 0 Å². The largest absolute Gasteiger partial charge is 0.388 e. The summed E-state index contributed by atoms with van der Waals surface area (Å²) in [4.78, 5) is 5.06. The maximum Gasteiger partial charge on any atom is 0.161 e. The lowest BCUT2D eigenvalue weighted by Gasteiger charge is -2.41. The van der Waals surface area contributed by atoms with Crippen LogP contribution in [-0.2, 0) is 9.57 Å². The number of aliphatic hydroxyl groups is 3.